The van der Waals surface area contributed by atoms with E-state index >= 15 is 0 Å². The molecule has 0 aliphatic rings. The van der Waals surface area contributed by atoms with Gasteiger partial charge in [0.1, 0.15) is 28.9 Å². The van der Waals surface area contributed by atoms with Gasteiger partial charge in [-0.15, -0.1) is 0 Å². The molecule has 0 aliphatic carbocycles. The third-order valence-electron chi connectivity index (χ3n) is 4.48. The second-order valence-electron chi connectivity index (χ2n) is 12.1. The summed E-state index contributed by atoms with van der Waals surface area (Å²) in [4.78, 5) is 52.4. The Morgan fingerprint density at radius 1 is 0.368 bits per heavy atom. The molecule has 0 aliphatic heterocycles. The van der Waals surface area contributed by atoms with Crippen molar-refractivity contribution in [3.05, 3.63) is 0 Å². The fourth-order valence-corrected chi connectivity index (χ4v) is 2.95. The van der Waals surface area contributed by atoms with Crippen LogP contribution >= 0.6 is 0 Å². The van der Waals surface area contributed by atoms with Crippen molar-refractivity contribution in [3.63, 3.8) is 0 Å². The fraction of sp³-hybridized carbons (Fsp3) is 0.848. The minimum atomic E-state index is 0.287. The van der Waals surface area contributed by atoms with Crippen molar-refractivity contribution in [2.45, 2.75) is 155 Å². The Bertz CT molecular complexity index is 526. The Labute approximate surface area is 237 Å². The van der Waals surface area contributed by atoms with Gasteiger partial charge in [-0.25, -0.2) is 0 Å². The number of ketones is 5. The molecular formula is C33H66O5. The maximum Gasteiger partial charge on any atom is 0.132 e. The Hall–Kier alpha value is -1.65. The zero-order chi connectivity index (χ0) is 31.4. The van der Waals surface area contributed by atoms with Crippen molar-refractivity contribution in [2.24, 2.45) is 29.6 Å². The number of Topliss-reactive ketones (excluding diaryl/α,β-unsaturated/α-hetero) is 5. The highest BCUT2D eigenvalue weighted by molar-refractivity contribution is 5.79. The third-order valence-corrected chi connectivity index (χ3v) is 4.48. The number of carbonyl (C=O) groups excluding carboxylic acids is 5. The molecule has 0 amide bonds. The molecule has 228 valence electrons. The van der Waals surface area contributed by atoms with Crippen LogP contribution in [-0.4, -0.2) is 28.9 Å². The van der Waals surface area contributed by atoms with E-state index in [1.54, 1.807) is 13.8 Å². The summed E-state index contributed by atoms with van der Waals surface area (Å²) in [5, 5.41) is 0. The highest BCUT2D eigenvalue weighted by atomic mass is 16.1. The number of carbonyl (C=O) groups is 5. The van der Waals surface area contributed by atoms with E-state index in [9.17, 15) is 24.0 Å². The quantitative estimate of drug-likeness (QED) is 0.231. The molecule has 5 heteroatoms. The molecule has 0 atom stereocenters. The monoisotopic (exact) mass is 542 g/mol. The van der Waals surface area contributed by atoms with Crippen LogP contribution in [0, 0.1) is 29.6 Å². The van der Waals surface area contributed by atoms with Crippen molar-refractivity contribution in [1.29, 1.82) is 0 Å². The molecule has 0 heterocycles. The Morgan fingerprint density at radius 3 is 0.553 bits per heavy atom. The summed E-state index contributed by atoms with van der Waals surface area (Å²) in [5.41, 5.74) is 0. The van der Waals surface area contributed by atoms with Crippen molar-refractivity contribution in [1.82, 2.24) is 0 Å². The van der Waals surface area contributed by atoms with Crippen LogP contribution in [0.1, 0.15) is 155 Å². The van der Waals surface area contributed by atoms with Crippen molar-refractivity contribution >= 4 is 28.9 Å². The van der Waals surface area contributed by atoms with Crippen LogP contribution in [0.3, 0.4) is 0 Å². The van der Waals surface area contributed by atoms with Gasteiger partial charge >= 0.3 is 0 Å². The third kappa shape index (κ3) is 64.4. The zero-order valence-corrected chi connectivity index (χ0v) is 28.1. The molecule has 0 fully saturated rings. The molecule has 38 heavy (non-hydrogen) atoms. The smallest absolute Gasteiger partial charge is 0.132 e. The second-order valence-corrected chi connectivity index (χ2v) is 12.1. The predicted octanol–water partition coefficient (Wildman–Crippen LogP) is 9.28. The van der Waals surface area contributed by atoms with Gasteiger partial charge in [0.25, 0.3) is 0 Å². The molecule has 0 unspecified atom stereocenters. The van der Waals surface area contributed by atoms with E-state index in [0.717, 1.165) is 32.1 Å². The highest BCUT2D eigenvalue weighted by Crippen LogP contribution is 2.02. The lowest BCUT2D eigenvalue weighted by Gasteiger charge is -1.98. The second kappa shape index (κ2) is 31.6. The molecule has 0 saturated carbocycles. The lowest BCUT2D eigenvalue weighted by atomic mass is 10.1. The summed E-state index contributed by atoms with van der Waals surface area (Å²) in [7, 11) is 0. The van der Waals surface area contributed by atoms with Crippen LogP contribution in [0.25, 0.3) is 0 Å². The van der Waals surface area contributed by atoms with Crippen LogP contribution in [0.4, 0.5) is 0 Å². The van der Waals surface area contributed by atoms with Crippen molar-refractivity contribution < 1.29 is 24.0 Å². The first-order valence-electron chi connectivity index (χ1n) is 14.8. The van der Waals surface area contributed by atoms with E-state index in [1.807, 2.05) is 48.5 Å². The van der Waals surface area contributed by atoms with Gasteiger partial charge in [-0.2, -0.15) is 0 Å². The van der Waals surface area contributed by atoms with Crippen molar-refractivity contribution in [2.75, 3.05) is 0 Å². The first-order chi connectivity index (χ1) is 17.2. The topological polar surface area (TPSA) is 85.3 Å². The molecule has 0 rings (SSSR count). The lowest BCUT2D eigenvalue weighted by molar-refractivity contribution is -0.120. The van der Waals surface area contributed by atoms with Gasteiger partial charge < -0.3 is 9.59 Å². The van der Waals surface area contributed by atoms with Crippen LogP contribution < -0.4 is 0 Å². The van der Waals surface area contributed by atoms with E-state index in [2.05, 4.69) is 41.5 Å². The van der Waals surface area contributed by atoms with E-state index in [1.165, 1.54) is 0 Å². The fourth-order valence-electron chi connectivity index (χ4n) is 2.95. The van der Waals surface area contributed by atoms with Gasteiger partial charge in [0.05, 0.1) is 0 Å². The molecule has 0 spiro atoms. The largest absolute Gasteiger partial charge is 0.300 e. The maximum absolute atomic E-state index is 10.6. The molecule has 0 bridgehead atoms. The van der Waals surface area contributed by atoms with Gasteiger partial charge in [-0.1, -0.05) is 90.0 Å². The van der Waals surface area contributed by atoms with Gasteiger partial charge in [0.2, 0.25) is 0 Å². The average molecular weight is 543 g/mol. The van der Waals surface area contributed by atoms with Crippen LogP contribution in [-0.2, 0) is 24.0 Å². The van der Waals surface area contributed by atoms with Crippen LogP contribution in [0.5, 0.6) is 0 Å². The van der Waals surface area contributed by atoms with Crippen LogP contribution in [0.15, 0.2) is 0 Å². The molecule has 0 radical (unpaired) electrons. The standard InChI is InChI=1S/3C7H14O.2C6H12O/c3*1-4-7(8)5-6(2)3;2*1-5(2)4-6(3)7/h3*6H,4-5H2,1-3H3;2*5H,4H2,1-3H3. The SMILES string of the molecule is CC(=O)CC(C)C.CC(=O)CC(C)C.CCC(=O)CC(C)C.CCC(=O)CC(C)C.CCC(=O)CC(C)C. The molecular weight excluding hydrogens is 476 g/mol. The minimum absolute atomic E-state index is 0.287. The zero-order valence-electron chi connectivity index (χ0n) is 28.1. The first-order valence-corrected chi connectivity index (χ1v) is 14.8. The molecule has 5 nitrogen and oxygen atoms in total. The van der Waals surface area contributed by atoms with Gasteiger partial charge in [0, 0.05) is 51.4 Å². The molecule has 0 aromatic heterocycles. The lowest BCUT2D eigenvalue weighted by Crippen LogP contribution is -1.99. The maximum atomic E-state index is 10.6. The van der Waals surface area contributed by atoms with Gasteiger partial charge in [0.15, 0.2) is 0 Å². The Morgan fingerprint density at radius 2 is 0.526 bits per heavy atom. The summed E-state index contributed by atoms with van der Waals surface area (Å²) in [6, 6.07) is 0. The minimum Gasteiger partial charge on any atom is -0.300 e. The summed E-state index contributed by atoms with van der Waals surface area (Å²) < 4.78 is 0. The molecule has 0 N–H and O–H groups in total. The molecule has 0 aromatic rings. The number of hydrogen-bond acceptors (Lipinski definition) is 5. The van der Waals surface area contributed by atoms with E-state index < -0.39 is 0 Å². The van der Waals surface area contributed by atoms with Crippen molar-refractivity contribution in [3.8, 4) is 0 Å². The molecule has 0 saturated heterocycles. The predicted molar refractivity (Wildman–Crippen MR) is 165 cm³/mol. The number of hydrogen-bond donors (Lipinski definition) is 0. The van der Waals surface area contributed by atoms with Crippen LogP contribution in [0.2, 0.25) is 0 Å². The highest BCUT2D eigenvalue weighted by Gasteiger charge is 2.01. The van der Waals surface area contributed by atoms with Gasteiger partial charge in [-0.3, -0.25) is 14.4 Å². The van der Waals surface area contributed by atoms with Gasteiger partial charge in [-0.05, 0) is 43.4 Å². The molecule has 0 aromatic carbocycles. The normalized spacial score (nSPS) is 9.89. The summed E-state index contributed by atoms with van der Waals surface area (Å²) in [6.07, 6.45) is 5.76. The average Bonchev–Trinajstić information content (AvgIpc) is 2.72. The number of rotatable bonds is 13. The van der Waals surface area contributed by atoms with E-state index in [0.29, 0.717) is 66.2 Å². The summed E-state index contributed by atoms with van der Waals surface area (Å²) >= 11 is 0. The summed E-state index contributed by atoms with van der Waals surface area (Å²) in [5.74, 6) is 4.34. The van der Waals surface area contributed by atoms with E-state index in [-0.39, 0.29) is 11.6 Å². The Kier molecular flexibility index (Phi) is 38.4. The summed E-state index contributed by atoms with van der Waals surface area (Å²) in [6.45, 7) is 29.5. The first kappa shape index (κ1) is 46.2. The Balaban J connectivity index is -0.000000120. The van der Waals surface area contributed by atoms with E-state index in [4.69, 9.17) is 0 Å².